The highest BCUT2D eigenvalue weighted by atomic mass is 19.4. The molecular formula is C23H22F3N3O3. The molecule has 2 N–H and O–H groups in total. The summed E-state index contributed by atoms with van der Waals surface area (Å²) in [6.07, 6.45) is -2.32. The van der Waals surface area contributed by atoms with E-state index in [4.69, 9.17) is 0 Å². The minimum Gasteiger partial charge on any atom is -0.354 e. The Labute approximate surface area is 182 Å². The Bertz CT molecular complexity index is 1030. The largest absolute Gasteiger partial charge is 0.416 e. The summed E-state index contributed by atoms with van der Waals surface area (Å²) in [5, 5.41) is 5.24. The van der Waals surface area contributed by atoms with E-state index < -0.39 is 29.6 Å². The van der Waals surface area contributed by atoms with Gasteiger partial charge in [0.1, 0.15) is 6.04 Å². The molecule has 4 rings (SSSR count). The molecular weight excluding hydrogens is 423 g/mol. The van der Waals surface area contributed by atoms with Crippen molar-refractivity contribution < 1.29 is 27.6 Å². The summed E-state index contributed by atoms with van der Waals surface area (Å²) < 4.78 is 37.8. The monoisotopic (exact) mass is 445 g/mol. The van der Waals surface area contributed by atoms with Gasteiger partial charge in [-0.05, 0) is 48.6 Å². The highest BCUT2D eigenvalue weighted by Crippen LogP contribution is 2.41. The number of hydrogen-bond donors (Lipinski definition) is 2. The summed E-state index contributed by atoms with van der Waals surface area (Å²) in [4.78, 5) is 39.2. The van der Waals surface area contributed by atoms with Gasteiger partial charge >= 0.3 is 6.18 Å². The SMILES string of the molecule is O=C(CNC(=O)C1c2ccccc2C(=O)N1C1CC1)NCCc1ccc(C(F)(F)F)cc1. The van der Waals surface area contributed by atoms with E-state index in [2.05, 4.69) is 10.6 Å². The van der Waals surface area contributed by atoms with Gasteiger partial charge in [0.15, 0.2) is 0 Å². The molecule has 2 aliphatic rings. The number of halogens is 3. The van der Waals surface area contributed by atoms with Crippen molar-refractivity contribution in [2.24, 2.45) is 0 Å². The number of alkyl halides is 3. The van der Waals surface area contributed by atoms with Crippen LogP contribution >= 0.6 is 0 Å². The van der Waals surface area contributed by atoms with Gasteiger partial charge in [0.2, 0.25) is 11.8 Å². The van der Waals surface area contributed by atoms with E-state index in [1.54, 1.807) is 29.2 Å². The van der Waals surface area contributed by atoms with Crippen molar-refractivity contribution in [2.75, 3.05) is 13.1 Å². The van der Waals surface area contributed by atoms with Crippen molar-refractivity contribution in [3.8, 4) is 0 Å². The first-order valence-corrected chi connectivity index (χ1v) is 10.4. The van der Waals surface area contributed by atoms with Gasteiger partial charge in [0.05, 0.1) is 12.1 Å². The number of amides is 3. The highest BCUT2D eigenvalue weighted by molar-refractivity contribution is 6.05. The quantitative estimate of drug-likeness (QED) is 0.688. The fourth-order valence-electron chi connectivity index (χ4n) is 3.87. The van der Waals surface area contributed by atoms with E-state index in [0.29, 0.717) is 23.1 Å². The molecule has 6 nitrogen and oxygen atoms in total. The molecule has 9 heteroatoms. The summed E-state index contributed by atoms with van der Waals surface area (Å²) >= 11 is 0. The van der Waals surface area contributed by atoms with Crippen LogP contribution in [0, 0.1) is 0 Å². The Hall–Kier alpha value is -3.36. The van der Waals surface area contributed by atoms with Gasteiger partial charge in [0, 0.05) is 18.2 Å². The van der Waals surface area contributed by atoms with Crippen LogP contribution in [0.3, 0.4) is 0 Å². The molecule has 1 unspecified atom stereocenters. The van der Waals surface area contributed by atoms with E-state index in [0.717, 1.165) is 25.0 Å². The number of hydrogen-bond acceptors (Lipinski definition) is 3. The van der Waals surface area contributed by atoms with Crippen molar-refractivity contribution >= 4 is 17.7 Å². The zero-order valence-corrected chi connectivity index (χ0v) is 17.1. The Kier molecular flexibility index (Phi) is 5.90. The molecule has 1 heterocycles. The molecule has 1 atom stereocenters. The lowest BCUT2D eigenvalue weighted by molar-refractivity contribution is -0.137. The lowest BCUT2D eigenvalue weighted by Gasteiger charge is -2.24. The Morgan fingerprint density at radius 2 is 1.69 bits per heavy atom. The van der Waals surface area contributed by atoms with Crippen molar-refractivity contribution in [1.82, 2.24) is 15.5 Å². The summed E-state index contributed by atoms with van der Waals surface area (Å²) in [7, 11) is 0. The molecule has 2 aromatic carbocycles. The molecule has 0 saturated heterocycles. The van der Waals surface area contributed by atoms with E-state index in [9.17, 15) is 27.6 Å². The summed E-state index contributed by atoms with van der Waals surface area (Å²) in [6, 6.07) is 11.0. The van der Waals surface area contributed by atoms with Crippen molar-refractivity contribution in [3.05, 3.63) is 70.8 Å². The number of nitrogens with zero attached hydrogens (tertiary/aromatic N) is 1. The van der Waals surface area contributed by atoms with Crippen LogP contribution in [0.15, 0.2) is 48.5 Å². The molecule has 1 aliphatic heterocycles. The molecule has 1 saturated carbocycles. The molecule has 3 amide bonds. The van der Waals surface area contributed by atoms with E-state index in [1.807, 2.05) is 0 Å². The second kappa shape index (κ2) is 8.64. The van der Waals surface area contributed by atoms with E-state index in [1.165, 1.54) is 12.1 Å². The number of benzene rings is 2. The normalized spacial score (nSPS) is 17.8. The molecule has 1 fully saturated rings. The van der Waals surface area contributed by atoms with Crippen LogP contribution in [0.5, 0.6) is 0 Å². The zero-order valence-electron chi connectivity index (χ0n) is 17.1. The van der Waals surface area contributed by atoms with Gasteiger partial charge in [-0.1, -0.05) is 30.3 Å². The minimum absolute atomic E-state index is 0.0446. The Morgan fingerprint density at radius 3 is 2.34 bits per heavy atom. The first-order chi connectivity index (χ1) is 15.3. The fourth-order valence-corrected chi connectivity index (χ4v) is 3.87. The van der Waals surface area contributed by atoms with Gasteiger partial charge in [0.25, 0.3) is 5.91 Å². The molecule has 168 valence electrons. The van der Waals surface area contributed by atoms with Gasteiger partial charge in [-0.2, -0.15) is 13.2 Å². The van der Waals surface area contributed by atoms with Crippen molar-refractivity contribution in [3.63, 3.8) is 0 Å². The standard InChI is InChI=1S/C23H22F3N3O3/c24-23(25,26)15-7-5-14(6-8-15)11-12-27-19(30)13-28-21(31)20-17-3-1-2-4-18(17)22(32)29(20)16-9-10-16/h1-8,16,20H,9-13H2,(H,27,30)(H,28,31). The van der Waals surface area contributed by atoms with Gasteiger partial charge in [-0.3, -0.25) is 14.4 Å². The number of nitrogens with one attached hydrogen (secondary N) is 2. The zero-order chi connectivity index (χ0) is 22.9. The Balaban J connectivity index is 1.28. The first kappa shape index (κ1) is 21.9. The third kappa shape index (κ3) is 4.61. The van der Waals surface area contributed by atoms with Crippen LogP contribution in [0.25, 0.3) is 0 Å². The van der Waals surface area contributed by atoms with Crippen LogP contribution < -0.4 is 10.6 Å². The average molecular weight is 445 g/mol. The molecule has 1 aliphatic carbocycles. The maximum absolute atomic E-state index is 12.8. The summed E-state index contributed by atoms with van der Waals surface area (Å²) in [6.45, 7) is -0.0315. The lowest BCUT2D eigenvalue weighted by atomic mass is 10.0. The number of rotatable bonds is 7. The number of carbonyl (C=O) groups is 3. The molecule has 2 aromatic rings. The summed E-state index contributed by atoms with van der Waals surface area (Å²) in [5.74, 6) is -0.988. The van der Waals surface area contributed by atoms with Crippen LogP contribution in [0.2, 0.25) is 0 Å². The second-order valence-electron chi connectivity index (χ2n) is 7.95. The fraction of sp³-hybridized carbons (Fsp3) is 0.348. The van der Waals surface area contributed by atoms with Gasteiger partial charge < -0.3 is 15.5 Å². The summed E-state index contributed by atoms with van der Waals surface area (Å²) in [5.41, 5.74) is 1.09. The van der Waals surface area contributed by atoms with Gasteiger partial charge in [-0.15, -0.1) is 0 Å². The van der Waals surface area contributed by atoms with Gasteiger partial charge in [-0.25, -0.2) is 0 Å². The molecule has 0 aromatic heterocycles. The van der Waals surface area contributed by atoms with Crippen LogP contribution in [-0.2, 0) is 22.2 Å². The van der Waals surface area contributed by atoms with Crippen LogP contribution in [0.4, 0.5) is 13.2 Å². The lowest BCUT2D eigenvalue weighted by Crippen LogP contribution is -2.44. The second-order valence-corrected chi connectivity index (χ2v) is 7.95. The molecule has 32 heavy (non-hydrogen) atoms. The highest BCUT2D eigenvalue weighted by Gasteiger charge is 2.47. The minimum atomic E-state index is -4.38. The maximum atomic E-state index is 12.8. The van der Waals surface area contributed by atoms with Crippen LogP contribution in [0.1, 0.15) is 45.9 Å². The molecule has 0 radical (unpaired) electrons. The topological polar surface area (TPSA) is 78.5 Å². The van der Waals surface area contributed by atoms with Crippen molar-refractivity contribution in [1.29, 1.82) is 0 Å². The molecule has 0 bridgehead atoms. The Morgan fingerprint density at radius 1 is 1.00 bits per heavy atom. The number of fused-ring (bicyclic) bond motifs is 1. The number of carbonyl (C=O) groups excluding carboxylic acids is 3. The predicted octanol–water partition coefficient (Wildman–Crippen LogP) is 2.84. The first-order valence-electron chi connectivity index (χ1n) is 10.4. The maximum Gasteiger partial charge on any atom is 0.416 e. The average Bonchev–Trinajstić information content (AvgIpc) is 3.56. The third-order valence-electron chi connectivity index (χ3n) is 5.63. The van der Waals surface area contributed by atoms with Crippen molar-refractivity contribution in [2.45, 2.75) is 37.5 Å². The van der Waals surface area contributed by atoms with Crippen LogP contribution in [-0.4, -0.2) is 41.8 Å². The molecule has 0 spiro atoms. The smallest absolute Gasteiger partial charge is 0.354 e. The predicted molar refractivity (Wildman–Crippen MR) is 110 cm³/mol. The third-order valence-corrected chi connectivity index (χ3v) is 5.63. The van der Waals surface area contributed by atoms with E-state index in [-0.39, 0.29) is 25.0 Å². The van der Waals surface area contributed by atoms with E-state index >= 15 is 0 Å².